The molecule has 0 spiro atoms. The summed E-state index contributed by atoms with van der Waals surface area (Å²) in [6.07, 6.45) is 1.56. The zero-order valence-electron chi connectivity index (χ0n) is 9.67. The molecular weight excluding hydrogens is 254 g/mol. The Morgan fingerprint density at radius 1 is 1.33 bits per heavy atom. The predicted molar refractivity (Wildman–Crippen MR) is 64.8 cm³/mol. The zero-order chi connectivity index (χ0) is 13.3. The van der Waals surface area contributed by atoms with Gasteiger partial charge in [-0.25, -0.2) is 19.7 Å². The Bertz CT molecular complexity index is 605. The van der Waals surface area contributed by atoms with Crippen molar-refractivity contribution < 1.29 is 14.7 Å². The van der Waals surface area contributed by atoms with E-state index in [1.54, 1.807) is 19.2 Å². The molecule has 0 amide bonds. The second-order valence-electron chi connectivity index (χ2n) is 3.55. The van der Waals surface area contributed by atoms with Crippen LogP contribution in [0.5, 0.6) is 0 Å². The van der Waals surface area contributed by atoms with Gasteiger partial charge >= 0.3 is 5.97 Å². The van der Waals surface area contributed by atoms with E-state index in [2.05, 4.69) is 15.0 Å². The van der Waals surface area contributed by atoms with Gasteiger partial charge in [0, 0.05) is 13.1 Å². The first-order chi connectivity index (χ1) is 8.49. The molecule has 0 aliphatic carbocycles. The topological polar surface area (TPSA) is 93.0 Å². The normalized spacial score (nSPS) is 10.3. The minimum Gasteiger partial charge on any atom is -0.476 e. The monoisotopic (exact) mass is 263 g/mol. The number of carbonyl (C=O) groups is 2. The average Bonchev–Trinajstić information content (AvgIpc) is 2.73. The lowest BCUT2D eigenvalue weighted by molar-refractivity contribution is 0.0687. The van der Waals surface area contributed by atoms with Gasteiger partial charge in [0.25, 0.3) is 0 Å². The summed E-state index contributed by atoms with van der Waals surface area (Å²) in [5.41, 5.74) is 0.293. The number of carboxylic acid groups (broad SMARTS) is 1. The number of hydrogen-bond donors (Lipinski definition) is 1. The highest BCUT2D eigenvalue weighted by Gasteiger charge is 2.21. The van der Waals surface area contributed by atoms with Gasteiger partial charge in [0.15, 0.2) is 11.5 Å². The molecule has 92 valence electrons. The van der Waals surface area contributed by atoms with E-state index >= 15 is 0 Å². The van der Waals surface area contributed by atoms with Crippen LogP contribution in [0.3, 0.4) is 0 Å². The minimum absolute atomic E-state index is 0.133. The number of carbonyl (C=O) groups excluding carboxylic acids is 1. The molecule has 0 fully saturated rings. The number of nitrogens with zero attached hydrogens (tertiary/aromatic N) is 3. The first-order valence-corrected chi connectivity index (χ1v) is 5.85. The van der Waals surface area contributed by atoms with Gasteiger partial charge in [-0.1, -0.05) is 0 Å². The number of Topliss-reactive ketones (excluding diaryl/α,β-unsaturated/α-hetero) is 1. The molecule has 18 heavy (non-hydrogen) atoms. The lowest BCUT2D eigenvalue weighted by Crippen LogP contribution is -2.03. The van der Waals surface area contributed by atoms with Gasteiger partial charge in [-0.15, -0.1) is 11.3 Å². The highest BCUT2D eigenvalue weighted by molar-refractivity contribution is 7.17. The Hall–Kier alpha value is -2.15. The van der Waals surface area contributed by atoms with Crippen LogP contribution in [-0.2, 0) is 0 Å². The molecular formula is C11H9N3O3S. The summed E-state index contributed by atoms with van der Waals surface area (Å²) in [7, 11) is 0. The third-order valence-corrected chi connectivity index (χ3v) is 3.32. The second-order valence-corrected chi connectivity index (χ2v) is 4.55. The lowest BCUT2D eigenvalue weighted by Gasteiger charge is -1.95. The van der Waals surface area contributed by atoms with Crippen LogP contribution in [-0.4, -0.2) is 31.8 Å². The predicted octanol–water partition coefficient (Wildman–Crippen LogP) is 1.81. The number of rotatable bonds is 3. The smallest absolute Gasteiger partial charge is 0.356 e. The van der Waals surface area contributed by atoms with Gasteiger partial charge in [-0.2, -0.15) is 0 Å². The molecule has 0 radical (unpaired) electrons. The Balaban J connectivity index is 2.57. The van der Waals surface area contributed by atoms with E-state index in [1.165, 1.54) is 6.92 Å². The number of hydrogen-bond acceptors (Lipinski definition) is 6. The van der Waals surface area contributed by atoms with Crippen LogP contribution in [0.15, 0.2) is 12.3 Å². The molecule has 0 saturated heterocycles. The molecule has 2 heterocycles. The molecule has 0 unspecified atom stereocenters. The number of carboxylic acids is 1. The molecule has 2 aromatic heterocycles. The summed E-state index contributed by atoms with van der Waals surface area (Å²) in [5.74, 6) is -0.973. The van der Waals surface area contributed by atoms with E-state index in [0.717, 1.165) is 11.3 Å². The van der Waals surface area contributed by atoms with Crippen molar-refractivity contribution in [1.29, 1.82) is 0 Å². The van der Waals surface area contributed by atoms with Crippen molar-refractivity contribution in [3.63, 3.8) is 0 Å². The van der Waals surface area contributed by atoms with Crippen LogP contribution >= 0.6 is 11.3 Å². The van der Waals surface area contributed by atoms with Crippen molar-refractivity contribution in [2.24, 2.45) is 0 Å². The number of aromatic nitrogens is 3. The number of aromatic carboxylic acids is 1. The molecule has 0 bridgehead atoms. The summed E-state index contributed by atoms with van der Waals surface area (Å²) < 4.78 is 0. The fourth-order valence-corrected chi connectivity index (χ4v) is 2.31. The summed E-state index contributed by atoms with van der Waals surface area (Å²) in [5, 5.41) is 9.39. The van der Waals surface area contributed by atoms with E-state index < -0.39 is 5.97 Å². The summed E-state index contributed by atoms with van der Waals surface area (Å²) in [6.45, 7) is 3.04. The second kappa shape index (κ2) is 4.61. The molecule has 0 aliphatic rings. The van der Waals surface area contributed by atoms with E-state index in [1.807, 2.05) is 0 Å². The van der Waals surface area contributed by atoms with Crippen molar-refractivity contribution in [2.45, 2.75) is 13.8 Å². The standard InChI is InChI=1S/C11H9N3O3S/c1-5(15)9-8(11(16)17)14-10(18-9)7-3-4-12-6(2)13-7/h3-4H,1-2H3,(H,16,17). The van der Waals surface area contributed by atoms with Crippen LogP contribution in [0.1, 0.15) is 32.9 Å². The van der Waals surface area contributed by atoms with E-state index in [-0.39, 0.29) is 16.4 Å². The van der Waals surface area contributed by atoms with E-state index in [9.17, 15) is 9.59 Å². The van der Waals surface area contributed by atoms with Crippen LogP contribution in [0, 0.1) is 6.92 Å². The lowest BCUT2D eigenvalue weighted by atomic mass is 10.3. The first-order valence-electron chi connectivity index (χ1n) is 5.04. The fourth-order valence-electron chi connectivity index (χ4n) is 1.39. The van der Waals surface area contributed by atoms with Crippen LogP contribution in [0.2, 0.25) is 0 Å². The number of aryl methyl sites for hydroxylation is 1. The maximum Gasteiger partial charge on any atom is 0.356 e. The SMILES string of the molecule is CC(=O)c1sc(-c2ccnc(C)n2)nc1C(=O)O. The molecule has 1 N–H and O–H groups in total. The van der Waals surface area contributed by atoms with Crippen LogP contribution < -0.4 is 0 Å². The molecule has 0 aromatic carbocycles. The number of thiazole rings is 1. The molecule has 2 rings (SSSR count). The van der Waals surface area contributed by atoms with Crippen molar-refractivity contribution in [3.05, 3.63) is 28.7 Å². The van der Waals surface area contributed by atoms with E-state index in [4.69, 9.17) is 5.11 Å². The third-order valence-electron chi connectivity index (χ3n) is 2.14. The Labute approximate surface area is 106 Å². The first kappa shape index (κ1) is 12.3. The van der Waals surface area contributed by atoms with Gasteiger partial charge in [0.1, 0.15) is 21.4 Å². The fraction of sp³-hybridized carbons (Fsp3) is 0.182. The van der Waals surface area contributed by atoms with Crippen molar-refractivity contribution in [1.82, 2.24) is 15.0 Å². The molecule has 2 aromatic rings. The molecule has 6 nitrogen and oxygen atoms in total. The molecule has 0 aliphatic heterocycles. The van der Waals surface area contributed by atoms with Crippen LogP contribution in [0.25, 0.3) is 10.7 Å². The third kappa shape index (κ3) is 2.25. The van der Waals surface area contributed by atoms with Crippen molar-refractivity contribution >= 4 is 23.1 Å². The maximum absolute atomic E-state index is 11.4. The van der Waals surface area contributed by atoms with Gasteiger partial charge in [0.2, 0.25) is 0 Å². The molecule has 7 heteroatoms. The van der Waals surface area contributed by atoms with Crippen molar-refractivity contribution in [2.75, 3.05) is 0 Å². The highest BCUT2D eigenvalue weighted by atomic mass is 32.1. The quantitative estimate of drug-likeness (QED) is 0.849. The van der Waals surface area contributed by atoms with Crippen molar-refractivity contribution in [3.8, 4) is 10.7 Å². The van der Waals surface area contributed by atoms with Crippen LogP contribution in [0.4, 0.5) is 0 Å². The summed E-state index contributed by atoms with van der Waals surface area (Å²) in [6, 6.07) is 1.63. The Kier molecular flexibility index (Phi) is 3.15. The van der Waals surface area contributed by atoms with E-state index in [0.29, 0.717) is 16.5 Å². The zero-order valence-corrected chi connectivity index (χ0v) is 10.5. The van der Waals surface area contributed by atoms with Gasteiger partial charge in [0.05, 0.1) is 0 Å². The Morgan fingerprint density at radius 2 is 2.06 bits per heavy atom. The van der Waals surface area contributed by atoms with Gasteiger partial charge < -0.3 is 5.11 Å². The molecule has 0 atom stereocenters. The van der Waals surface area contributed by atoms with Gasteiger partial charge in [-0.05, 0) is 13.0 Å². The largest absolute Gasteiger partial charge is 0.476 e. The number of ketones is 1. The summed E-state index contributed by atoms with van der Waals surface area (Å²) in [4.78, 5) is 34.5. The summed E-state index contributed by atoms with van der Waals surface area (Å²) >= 11 is 1.03. The molecule has 0 saturated carbocycles. The minimum atomic E-state index is -1.21. The van der Waals surface area contributed by atoms with Gasteiger partial charge in [-0.3, -0.25) is 4.79 Å². The Morgan fingerprint density at radius 3 is 2.56 bits per heavy atom. The maximum atomic E-state index is 11.4. The highest BCUT2D eigenvalue weighted by Crippen LogP contribution is 2.27. The average molecular weight is 263 g/mol.